The molecule has 0 aromatic heterocycles. The first-order valence-electron chi connectivity index (χ1n) is 12.6. The number of rotatable bonds is 11. The van der Waals surface area contributed by atoms with Gasteiger partial charge < -0.3 is 10.2 Å². The first-order valence-corrected chi connectivity index (χ1v) is 14.7. The van der Waals surface area contributed by atoms with Crippen molar-refractivity contribution in [3.63, 3.8) is 0 Å². The molecule has 3 rings (SSSR count). The Morgan fingerprint density at radius 2 is 1.54 bits per heavy atom. The molecule has 1 N–H and O–H groups in total. The summed E-state index contributed by atoms with van der Waals surface area (Å²) in [7, 11) is -4.11. The first-order chi connectivity index (χ1) is 18.4. The minimum absolute atomic E-state index is 0.0270. The number of nitrogens with one attached hydrogen (secondary N) is 1. The summed E-state index contributed by atoms with van der Waals surface area (Å²) in [4.78, 5) is 28.3. The van der Waals surface area contributed by atoms with Crippen molar-refractivity contribution >= 4 is 50.7 Å². The number of halogens is 2. The minimum atomic E-state index is -4.11. The van der Waals surface area contributed by atoms with Gasteiger partial charge in [-0.1, -0.05) is 79.0 Å². The number of anilines is 1. The zero-order valence-electron chi connectivity index (χ0n) is 22.4. The molecular weight excluding hydrogens is 557 g/mol. The number of benzene rings is 3. The number of sulfonamides is 1. The molecule has 0 spiro atoms. The molecule has 3 aromatic rings. The Morgan fingerprint density at radius 1 is 0.897 bits per heavy atom. The molecular formula is C29H33Cl2N3O4S. The van der Waals surface area contributed by atoms with Gasteiger partial charge in [0.1, 0.15) is 12.6 Å². The smallest absolute Gasteiger partial charge is 0.264 e. The van der Waals surface area contributed by atoms with Crippen molar-refractivity contribution in [1.82, 2.24) is 10.2 Å². The predicted octanol–water partition coefficient (Wildman–Crippen LogP) is 5.69. The monoisotopic (exact) mass is 589 g/mol. The van der Waals surface area contributed by atoms with Crippen molar-refractivity contribution in [3.05, 3.63) is 94.0 Å². The van der Waals surface area contributed by atoms with Crippen LogP contribution < -0.4 is 9.62 Å². The number of hydrogen-bond donors (Lipinski definition) is 1. The van der Waals surface area contributed by atoms with Gasteiger partial charge in [0.05, 0.1) is 20.6 Å². The zero-order valence-corrected chi connectivity index (χ0v) is 24.7. The van der Waals surface area contributed by atoms with Crippen LogP contribution in [0.1, 0.15) is 31.9 Å². The topological polar surface area (TPSA) is 86.8 Å². The maximum absolute atomic E-state index is 13.9. The number of carbonyl (C=O) groups is 2. The summed E-state index contributed by atoms with van der Waals surface area (Å²) < 4.78 is 28.6. The molecule has 0 unspecified atom stereocenters. The zero-order chi connectivity index (χ0) is 28.7. The van der Waals surface area contributed by atoms with Crippen LogP contribution in [0, 0.1) is 12.8 Å². The van der Waals surface area contributed by atoms with Gasteiger partial charge in [-0.15, -0.1) is 0 Å². The van der Waals surface area contributed by atoms with E-state index in [1.807, 2.05) is 20.8 Å². The Balaban J connectivity index is 2.00. The predicted molar refractivity (Wildman–Crippen MR) is 156 cm³/mol. The summed E-state index contributed by atoms with van der Waals surface area (Å²) in [6.45, 7) is 7.38. The lowest BCUT2D eigenvalue weighted by Crippen LogP contribution is -2.51. The van der Waals surface area contributed by atoms with Gasteiger partial charge >= 0.3 is 0 Å². The fourth-order valence-electron chi connectivity index (χ4n) is 3.83. The average Bonchev–Trinajstić information content (AvgIpc) is 2.91. The van der Waals surface area contributed by atoms with E-state index in [0.29, 0.717) is 27.8 Å². The highest BCUT2D eigenvalue weighted by Gasteiger charge is 2.32. The fraction of sp³-hybridized carbons (Fsp3) is 0.310. The lowest BCUT2D eigenvalue weighted by atomic mass is 10.1. The third-order valence-electron chi connectivity index (χ3n) is 6.12. The molecule has 0 saturated heterocycles. The number of aryl methyl sites for hydroxylation is 1. The van der Waals surface area contributed by atoms with Crippen LogP contribution >= 0.6 is 23.2 Å². The Labute approximate surface area is 240 Å². The third kappa shape index (κ3) is 7.97. The molecule has 1 atom stereocenters. The van der Waals surface area contributed by atoms with Gasteiger partial charge in [-0.05, 0) is 61.7 Å². The second-order valence-electron chi connectivity index (χ2n) is 9.75. The highest BCUT2D eigenvalue weighted by molar-refractivity contribution is 7.92. The van der Waals surface area contributed by atoms with Crippen molar-refractivity contribution in [2.75, 3.05) is 17.4 Å². The second kappa shape index (κ2) is 13.3. The molecule has 0 radical (unpaired) electrons. The van der Waals surface area contributed by atoms with Gasteiger partial charge in [0.15, 0.2) is 0 Å². The minimum Gasteiger partial charge on any atom is -0.354 e. The SMILES string of the molecule is Cc1ccc(S(=O)(=O)N(CC(=O)N(Cc2ccc(Cl)c(Cl)c2)[C@H](C)C(=O)NCC(C)C)c2ccccc2)cc1. The maximum Gasteiger partial charge on any atom is 0.264 e. The summed E-state index contributed by atoms with van der Waals surface area (Å²) in [5, 5.41) is 3.53. The van der Waals surface area contributed by atoms with Crippen molar-refractivity contribution in [2.24, 2.45) is 5.92 Å². The molecule has 10 heteroatoms. The van der Waals surface area contributed by atoms with Crippen LogP contribution in [0.15, 0.2) is 77.7 Å². The van der Waals surface area contributed by atoms with Crippen LogP contribution in [0.2, 0.25) is 10.0 Å². The van der Waals surface area contributed by atoms with Crippen molar-refractivity contribution in [1.29, 1.82) is 0 Å². The van der Waals surface area contributed by atoms with Gasteiger partial charge in [0, 0.05) is 13.1 Å². The molecule has 0 aliphatic rings. The van der Waals surface area contributed by atoms with E-state index in [0.717, 1.165) is 9.87 Å². The van der Waals surface area contributed by atoms with E-state index < -0.39 is 28.5 Å². The van der Waals surface area contributed by atoms with Crippen LogP contribution in [0.25, 0.3) is 0 Å². The first kappa shape index (κ1) is 30.5. The summed E-state index contributed by atoms with van der Waals surface area (Å²) in [5.41, 5.74) is 1.89. The molecule has 0 aliphatic heterocycles. The standard InChI is InChI=1S/C29H33Cl2N3O4S/c1-20(2)17-32-29(36)22(4)33(18-23-12-15-26(30)27(31)16-23)28(35)19-34(24-8-6-5-7-9-24)39(37,38)25-13-10-21(3)11-14-25/h5-16,20,22H,17-19H2,1-4H3,(H,32,36)/t22-/m1/s1. The van der Waals surface area contributed by atoms with Crippen LogP contribution in [0.3, 0.4) is 0 Å². The number of carbonyl (C=O) groups excluding carboxylic acids is 2. The van der Waals surface area contributed by atoms with Gasteiger partial charge in [-0.2, -0.15) is 0 Å². The summed E-state index contributed by atoms with van der Waals surface area (Å²) in [6, 6.07) is 18.9. The van der Waals surface area contributed by atoms with Crippen LogP contribution in [0.4, 0.5) is 5.69 Å². The van der Waals surface area contributed by atoms with Crippen molar-refractivity contribution in [2.45, 2.75) is 45.2 Å². The van der Waals surface area contributed by atoms with Gasteiger partial charge in [-0.25, -0.2) is 8.42 Å². The maximum atomic E-state index is 13.9. The molecule has 39 heavy (non-hydrogen) atoms. The summed E-state index contributed by atoms with van der Waals surface area (Å²) in [5.74, 6) is -0.675. The number of para-hydroxylation sites is 1. The van der Waals surface area contributed by atoms with E-state index in [-0.39, 0.29) is 23.3 Å². The van der Waals surface area contributed by atoms with E-state index in [1.165, 1.54) is 17.0 Å². The lowest BCUT2D eigenvalue weighted by molar-refractivity contribution is -0.139. The van der Waals surface area contributed by atoms with Gasteiger partial charge in [0.25, 0.3) is 10.0 Å². The molecule has 208 valence electrons. The quantitative estimate of drug-likeness (QED) is 0.311. The van der Waals surface area contributed by atoms with Gasteiger partial charge in [0.2, 0.25) is 11.8 Å². The Kier molecular flexibility index (Phi) is 10.4. The van der Waals surface area contributed by atoms with E-state index in [4.69, 9.17) is 23.2 Å². The molecule has 7 nitrogen and oxygen atoms in total. The van der Waals surface area contributed by atoms with Crippen LogP contribution in [0.5, 0.6) is 0 Å². The number of amides is 2. The van der Waals surface area contributed by atoms with E-state index in [9.17, 15) is 18.0 Å². The molecule has 3 aromatic carbocycles. The van der Waals surface area contributed by atoms with E-state index in [1.54, 1.807) is 67.6 Å². The number of nitrogens with zero attached hydrogens (tertiary/aromatic N) is 2. The second-order valence-corrected chi connectivity index (χ2v) is 12.4. The normalized spacial score (nSPS) is 12.2. The van der Waals surface area contributed by atoms with Gasteiger partial charge in [-0.3, -0.25) is 13.9 Å². The van der Waals surface area contributed by atoms with Crippen LogP contribution in [-0.4, -0.2) is 44.3 Å². The largest absolute Gasteiger partial charge is 0.354 e. The molecule has 2 amide bonds. The Morgan fingerprint density at radius 3 is 2.13 bits per heavy atom. The summed E-state index contributed by atoms with van der Waals surface area (Å²) >= 11 is 12.3. The Bertz CT molecular complexity index is 1400. The number of hydrogen-bond acceptors (Lipinski definition) is 4. The summed E-state index contributed by atoms with van der Waals surface area (Å²) in [6.07, 6.45) is 0. The molecule has 0 aliphatic carbocycles. The Hall–Kier alpha value is -3.07. The highest BCUT2D eigenvalue weighted by atomic mass is 35.5. The van der Waals surface area contributed by atoms with Crippen molar-refractivity contribution in [3.8, 4) is 0 Å². The highest BCUT2D eigenvalue weighted by Crippen LogP contribution is 2.26. The molecule has 0 bridgehead atoms. The van der Waals surface area contributed by atoms with E-state index in [2.05, 4.69) is 5.32 Å². The average molecular weight is 591 g/mol. The third-order valence-corrected chi connectivity index (χ3v) is 8.65. The molecule has 0 saturated carbocycles. The molecule has 0 heterocycles. The fourth-order valence-corrected chi connectivity index (χ4v) is 5.57. The van der Waals surface area contributed by atoms with E-state index >= 15 is 0 Å². The van der Waals surface area contributed by atoms with Crippen LogP contribution in [-0.2, 0) is 26.2 Å². The van der Waals surface area contributed by atoms with Crippen molar-refractivity contribution < 1.29 is 18.0 Å². The lowest BCUT2D eigenvalue weighted by Gasteiger charge is -2.32. The molecule has 0 fully saturated rings.